The maximum atomic E-state index is 12.8. The number of likely N-dealkylation sites (tertiary alicyclic amines) is 1. The number of pyridine rings is 1. The Balaban J connectivity index is 1.64. The molecule has 2 heterocycles. The zero-order chi connectivity index (χ0) is 19.2. The normalized spacial score (nSPS) is 17.4. The lowest BCUT2D eigenvalue weighted by atomic mass is 9.97. The largest absolute Gasteiger partial charge is 0.369 e. The fourth-order valence-corrected chi connectivity index (χ4v) is 3.62. The highest BCUT2D eigenvalue weighted by molar-refractivity contribution is 6.01. The molecular formula is C21H26N4O2. The predicted octanol–water partition coefficient (Wildman–Crippen LogP) is 1.98. The Hall–Kier alpha value is -2.73. The third-order valence-corrected chi connectivity index (χ3v) is 5.07. The molecule has 1 atom stereocenters. The van der Waals surface area contributed by atoms with E-state index in [1.54, 1.807) is 6.20 Å². The molecule has 0 aliphatic carbocycles. The fraction of sp³-hybridized carbons (Fsp3) is 0.381. The molecule has 1 aliphatic rings. The van der Waals surface area contributed by atoms with Crippen molar-refractivity contribution in [3.05, 3.63) is 53.9 Å². The highest BCUT2D eigenvalue weighted by atomic mass is 16.2. The third kappa shape index (κ3) is 4.71. The third-order valence-electron chi connectivity index (χ3n) is 5.07. The van der Waals surface area contributed by atoms with Gasteiger partial charge in [0.05, 0.1) is 17.2 Å². The molecule has 0 spiro atoms. The SMILES string of the molecule is Cc1nccc(-c2ccccc2)c1C(=O)NCCN1CCCC(C(N)=O)C1. The average molecular weight is 366 g/mol. The molecule has 142 valence electrons. The molecule has 0 saturated carbocycles. The first kappa shape index (κ1) is 19.0. The van der Waals surface area contributed by atoms with Gasteiger partial charge < -0.3 is 16.0 Å². The lowest BCUT2D eigenvalue weighted by Gasteiger charge is -2.31. The zero-order valence-electron chi connectivity index (χ0n) is 15.6. The lowest BCUT2D eigenvalue weighted by molar-refractivity contribution is -0.123. The van der Waals surface area contributed by atoms with Gasteiger partial charge in [-0.05, 0) is 43.5 Å². The van der Waals surface area contributed by atoms with Crippen LogP contribution in [0.1, 0.15) is 28.9 Å². The molecule has 3 N–H and O–H groups in total. The standard InChI is InChI=1S/C21H26N4O2/c1-15-19(18(9-10-23-15)16-6-3-2-4-7-16)21(27)24-11-13-25-12-5-8-17(14-25)20(22)26/h2-4,6-7,9-10,17H,5,8,11-14H2,1H3,(H2,22,26)(H,24,27). The van der Waals surface area contributed by atoms with E-state index in [9.17, 15) is 9.59 Å². The first-order valence-corrected chi connectivity index (χ1v) is 9.37. The van der Waals surface area contributed by atoms with Crippen LogP contribution in [0.2, 0.25) is 0 Å². The first-order valence-electron chi connectivity index (χ1n) is 9.37. The predicted molar refractivity (Wildman–Crippen MR) is 105 cm³/mol. The monoisotopic (exact) mass is 366 g/mol. The number of piperidine rings is 1. The van der Waals surface area contributed by atoms with E-state index in [1.807, 2.05) is 43.3 Å². The Morgan fingerprint density at radius 2 is 2.04 bits per heavy atom. The first-order chi connectivity index (χ1) is 13.1. The number of nitrogens with zero attached hydrogens (tertiary/aromatic N) is 2. The van der Waals surface area contributed by atoms with Crippen molar-refractivity contribution >= 4 is 11.8 Å². The zero-order valence-corrected chi connectivity index (χ0v) is 15.6. The molecule has 6 heteroatoms. The number of nitrogens with two attached hydrogens (primary N) is 1. The van der Waals surface area contributed by atoms with Crippen molar-refractivity contribution in [2.24, 2.45) is 11.7 Å². The number of aromatic nitrogens is 1. The summed E-state index contributed by atoms with van der Waals surface area (Å²) >= 11 is 0. The molecule has 0 radical (unpaired) electrons. The topological polar surface area (TPSA) is 88.3 Å². The van der Waals surface area contributed by atoms with Crippen molar-refractivity contribution in [3.63, 3.8) is 0 Å². The van der Waals surface area contributed by atoms with Crippen LogP contribution in [0.3, 0.4) is 0 Å². The molecule has 2 amide bonds. The van der Waals surface area contributed by atoms with Crippen LogP contribution in [0.25, 0.3) is 11.1 Å². The lowest BCUT2D eigenvalue weighted by Crippen LogP contribution is -2.44. The van der Waals surface area contributed by atoms with Crippen LogP contribution in [0.5, 0.6) is 0 Å². The van der Waals surface area contributed by atoms with Gasteiger partial charge >= 0.3 is 0 Å². The van der Waals surface area contributed by atoms with Gasteiger partial charge in [0, 0.05) is 25.8 Å². The van der Waals surface area contributed by atoms with E-state index >= 15 is 0 Å². The Kier molecular flexibility index (Phi) is 6.19. The molecule has 1 aromatic heterocycles. The summed E-state index contributed by atoms with van der Waals surface area (Å²) in [6, 6.07) is 11.7. The van der Waals surface area contributed by atoms with Crippen molar-refractivity contribution in [2.75, 3.05) is 26.2 Å². The maximum absolute atomic E-state index is 12.8. The van der Waals surface area contributed by atoms with Gasteiger partial charge in [-0.25, -0.2) is 0 Å². The molecule has 27 heavy (non-hydrogen) atoms. The summed E-state index contributed by atoms with van der Waals surface area (Å²) in [5, 5.41) is 3.00. The molecule has 1 unspecified atom stereocenters. The Labute approximate surface area is 159 Å². The van der Waals surface area contributed by atoms with Crippen LogP contribution in [-0.2, 0) is 4.79 Å². The second-order valence-electron chi connectivity index (χ2n) is 6.98. The van der Waals surface area contributed by atoms with Crippen LogP contribution in [-0.4, -0.2) is 47.9 Å². The number of rotatable bonds is 6. The van der Waals surface area contributed by atoms with E-state index in [0.717, 1.165) is 30.5 Å². The van der Waals surface area contributed by atoms with Gasteiger partial charge in [-0.15, -0.1) is 0 Å². The summed E-state index contributed by atoms with van der Waals surface area (Å²) in [5.74, 6) is -0.440. The molecule has 3 rings (SSSR count). The molecule has 1 aliphatic heterocycles. The minimum Gasteiger partial charge on any atom is -0.369 e. The summed E-state index contributed by atoms with van der Waals surface area (Å²) in [4.78, 5) is 30.7. The minimum absolute atomic E-state index is 0.0836. The van der Waals surface area contributed by atoms with Crippen molar-refractivity contribution in [1.82, 2.24) is 15.2 Å². The van der Waals surface area contributed by atoms with E-state index in [-0.39, 0.29) is 17.7 Å². The molecular weight excluding hydrogens is 340 g/mol. The number of nitrogens with one attached hydrogen (secondary N) is 1. The van der Waals surface area contributed by atoms with Crippen LogP contribution in [0, 0.1) is 12.8 Å². The summed E-state index contributed by atoms with van der Waals surface area (Å²) in [6.07, 6.45) is 3.54. The number of hydrogen-bond donors (Lipinski definition) is 2. The maximum Gasteiger partial charge on any atom is 0.253 e. The van der Waals surface area contributed by atoms with Crippen LogP contribution in [0.4, 0.5) is 0 Å². The van der Waals surface area contributed by atoms with Crippen LogP contribution in [0.15, 0.2) is 42.6 Å². The van der Waals surface area contributed by atoms with Gasteiger partial charge in [0.1, 0.15) is 0 Å². The van der Waals surface area contributed by atoms with Gasteiger partial charge in [0.25, 0.3) is 5.91 Å². The van der Waals surface area contributed by atoms with E-state index in [2.05, 4.69) is 15.2 Å². The highest BCUT2D eigenvalue weighted by Gasteiger charge is 2.24. The minimum atomic E-state index is -0.234. The van der Waals surface area contributed by atoms with Crippen molar-refractivity contribution in [2.45, 2.75) is 19.8 Å². The van der Waals surface area contributed by atoms with E-state index < -0.39 is 0 Å². The Morgan fingerprint density at radius 3 is 2.78 bits per heavy atom. The van der Waals surface area contributed by atoms with E-state index in [0.29, 0.717) is 30.9 Å². The number of benzene rings is 1. The van der Waals surface area contributed by atoms with Crippen LogP contribution >= 0.6 is 0 Å². The van der Waals surface area contributed by atoms with Crippen molar-refractivity contribution < 1.29 is 9.59 Å². The molecule has 6 nitrogen and oxygen atoms in total. The summed E-state index contributed by atoms with van der Waals surface area (Å²) < 4.78 is 0. The molecule has 1 aromatic carbocycles. The smallest absolute Gasteiger partial charge is 0.253 e. The van der Waals surface area contributed by atoms with Gasteiger partial charge in [0.15, 0.2) is 0 Å². The molecule has 1 saturated heterocycles. The quantitative estimate of drug-likeness (QED) is 0.818. The van der Waals surface area contributed by atoms with Crippen molar-refractivity contribution in [3.8, 4) is 11.1 Å². The number of carbonyl (C=O) groups excluding carboxylic acids is 2. The second-order valence-corrected chi connectivity index (χ2v) is 6.98. The fourth-order valence-electron chi connectivity index (χ4n) is 3.62. The Morgan fingerprint density at radius 1 is 1.26 bits per heavy atom. The van der Waals surface area contributed by atoms with Crippen LogP contribution < -0.4 is 11.1 Å². The van der Waals surface area contributed by atoms with Crippen molar-refractivity contribution in [1.29, 1.82) is 0 Å². The summed E-state index contributed by atoms with van der Waals surface area (Å²) in [7, 11) is 0. The number of aryl methyl sites for hydroxylation is 1. The van der Waals surface area contributed by atoms with Gasteiger partial charge in [-0.3, -0.25) is 14.6 Å². The van der Waals surface area contributed by atoms with E-state index in [1.165, 1.54) is 0 Å². The van der Waals surface area contributed by atoms with Gasteiger partial charge in [-0.2, -0.15) is 0 Å². The number of amides is 2. The van der Waals surface area contributed by atoms with Gasteiger partial charge in [0.2, 0.25) is 5.91 Å². The number of primary amides is 1. The summed E-state index contributed by atoms with van der Waals surface area (Å²) in [5.41, 5.74) is 8.62. The Bertz CT molecular complexity index is 807. The highest BCUT2D eigenvalue weighted by Crippen LogP contribution is 2.24. The molecule has 2 aromatic rings. The van der Waals surface area contributed by atoms with Gasteiger partial charge in [-0.1, -0.05) is 30.3 Å². The average Bonchev–Trinajstić information content (AvgIpc) is 2.68. The van der Waals surface area contributed by atoms with E-state index in [4.69, 9.17) is 5.73 Å². The number of carbonyl (C=O) groups is 2. The molecule has 1 fully saturated rings. The number of hydrogen-bond acceptors (Lipinski definition) is 4. The molecule has 0 bridgehead atoms. The summed E-state index contributed by atoms with van der Waals surface area (Å²) in [6.45, 7) is 4.68. The second kappa shape index (κ2) is 8.77.